The lowest BCUT2D eigenvalue weighted by Crippen LogP contribution is -2.37. The number of hydrogen-bond acceptors (Lipinski definition) is 5. The molecule has 1 amide bonds. The van der Waals surface area contributed by atoms with E-state index in [1.807, 2.05) is 30.7 Å². The maximum absolute atomic E-state index is 12.3. The van der Waals surface area contributed by atoms with Crippen LogP contribution < -0.4 is 15.7 Å². The van der Waals surface area contributed by atoms with E-state index in [9.17, 15) is 9.59 Å². The van der Waals surface area contributed by atoms with Gasteiger partial charge < -0.3 is 19.0 Å². The molecular weight excluding hydrogens is 346 g/mol. The summed E-state index contributed by atoms with van der Waals surface area (Å²) < 4.78 is 13.1. The second kappa shape index (κ2) is 8.07. The summed E-state index contributed by atoms with van der Waals surface area (Å²) in [6.45, 7) is 6.75. The van der Waals surface area contributed by atoms with Crippen LogP contribution in [0.5, 0.6) is 5.75 Å². The number of nitrogens with zero attached hydrogens (tertiary/aromatic N) is 2. The summed E-state index contributed by atoms with van der Waals surface area (Å²) in [5.41, 5.74) is 1.70. The maximum atomic E-state index is 12.3. The maximum Gasteiger partial charge on any atom is 0.336 e. The Labute approximate surface area is 157 Å². The molecule has 0 saturated heterocycles. The monoisotopic (exact) mass is 369 g/mol. The van der Waals surface area contributed by atoms with E-state index in [0.717, 1.165) is 24.1 Å². The summed E-state index contributed by atoms with van der Waals surface area (Å²) in [5, 5.41) is 3.59. The number of ether oxygens (including phenoxy) is 1. The van der Waals surface area contributed by atoms with E-state index < -0.39 is 11.7 Å². The first kappa shape index (κ1) is 18.7. The van der Waals surface area contributed by atoms with Gasteiger partial charge in [0.1, 0.15) is 11.3 Å². The fourth-order valence-corrected chi connectivity index (χ4v) is 2.95. The molecule has 0 aliphatic rings. The van der Waals surface area contributed by atoms with E-state index in [-0.39, 0.29) is 5.91 Å². The topological polar surface area (TPSA) is 86.4 Å². The molecule has 0 saturated carbocycles. The number of benzene rings is 1. The minimum absolute atomic E-state index is 0.190. The first-order chi connectivity index (χ1) is 12.9. The molecule has 142 valence electrons. The van der Waals surface area contributed by atoms with Crippen LogP contribution in [0.15, 0.2) is 46.1 Å². The average molecular weight is 369 g/mol. The Balaban J connectivity index is 1.65. The molecular formula is C20H23N3O4. The Kier molecular flexibility index (Phi) is 5.59. The summed E-state index contributed by atoms with van der Waals surface area (Å²) in [4.78, 5) is 27.9. The largest absolute Gasteiger partial charge is 0.480 e. The number of aromatic nitrogens is 2. The SMILES string of the molecule is Cc1cc(O[C@@H](C)C(=O)NCCCn2ccnc2)c2c(C)cc(=O)oc2c1. The molecule has 0 spiro atoms. The van der Waals surface area contributed by atoms with E-state index in [1.54, 1.807) is 25.5 Å². The van der Waals surface area contributed by atoms with E-state index in [0.29, 0.717) is 23.3 Å². The van der Waals surface area contributed by atoms with Crippen LogP contribution in [0, 0.1) is 13.8 Å². The number of imidazole rings is 1. The zero-order chi connectivity index (χ0) is 19.4. The van der Waals surface area contributed by atoms with Crippen molar-refractivity contribution in [3.05, 3.63) is 58.5 Å². The molecule has 0 unspecified atom stereocenters. The average Bonchev–Trinajstić information content (AvgIpc) is 3.10. The summed E-state index contributed by atoms with van der Waals surface area (Å²) in [6, 6.07) is 5.06. The summed E-state index contributed by atoms with van der Waals surface area (Å²) in [5.74, 6) is 0.345. The second-order valence-corrected chi connectivity index (χ2v) is 6.59. The molecule has 1 atom stereocenters. The molecule has 1 aromatic carbocycles. The summed E-state index contributed by atoms with van der Waals surface area (Å²) >= 11 is 0. The summed E-state index contributed by atoms with van der Waals surface area (Å²) in [7, 11) is 0. The third-order valence-electron chi connectivity index (χ3n) is 4.27. The third kappa shape index (κ3) is 4.55. The fraction of sp³-hybridized carbons (Fsp3) is 0.350. The molecule has 2 aromatic heterocycles. The van der Waals surface area contributed by atoms with Crippen LogP contribution in [0.4, 0.5) is 0 Å². The standard InChI is InChI=1S/C20H23N3O4/c1-13-9-16(19-14(2)11-18(24)27-17(19)10-13)26-15(3)20(25)22-5-4-7-23-8-6-21-12-23/h6,8-12,15H,4-5,7H2,1-3H3,(H,22,25)/t15-/m0/s1. The normalized spacial score (nSPS) is 12.1. The highest BCUT2D eigenvalue weighted by Gasteiger charge is 2.17. The highest BCUT2D eigenvalue weighted by molar-refractivity contribution is 5.88. The van der Waals surface area contributed by atoms with Crippen molar-refractivity contribution in [3.8, 4) is 5.75 Å². The van der Waals surface area contributed by atoms with Crippen molar-refractivity contribution in [3.63, 3.8) is 0 Å². The smallest absolute Gasteiger partial charge is 0.336 e. The van der Waals surface area contributed by atoms with Crippen LogP contribution in [0.25, 0.3) is 11.0 Å². The van der Waals surface area contributed by atoms with Crippen molar-refractivity contribution in [1.82, 2.24) is 14.9 Å². The predicted molar refractivity (Wildman–Crippen MR) is 102 cm³/mol. The van der Waals surface area contributed by atoms with Gasteiger partial charge in [-0.2, -0.15) is 0 Å². The Morgan fingerprint density at radius 3 is 2.89 bits per heavy atom. The van der Waals surface area contributed by atoms with Gasteiger partial charge in [-0.05, 0) is 50.5 Å². The number of rotatable bonds is 7. The Morgan fingerprint density at radius 2 is 2.15 bits per heavy atom. The second-order valence-electron chi connectivity index (χ2n) is 6.59. The minimum atomic E-state index is -0.672. The quantitative estimate of drug-likeness (QED) is 0.511. The fourth-order valence-electron chi connectivity index (χ4n) is 2.95. The van der Waals surface area contributed by atoms with Crippen LogP contribution >= 0.6 is 0 Å². The van der Waals surface area contributed by atoms with Gasteiger partial charge in [0.15, 0.2) is 6.10 Å². The van der Waals surface area contributed by atoms with Crippen molar-refractivity contribution in [1.29, 1.82) is 0 Å². The Hall–Kier alpha value is -3.09. The molecule has 0 aliphatic heterocycles. The van der Waals surface area contributed by atoms with Gasteiger partial charge in [-0.1, -0.05) is 0 Å². The van der Waals surface area contributed by atoms with Gasteiger partial charge in [0.25, 0.3) is 5.91 Å². The Bertz CT molecular complexity index is 992. The lowest BCUT2D eigenvalue weighted by atomic mass is 10.1. The number of carbonyl (C=O) groups excluding carboxylic acids is 1. The third-order valence-corrected chi connectivity index (χ3v) is 4.27. The van der Waals surface area contributed by atoms with Crippen molar-refractivity contribution in [2.24, 2.45) is 0 Å². The molecule has 0 radical (unpaired) electrons. The number of aryl methyl sites for hydroxylation is 3. The van der Waals surface area contributed by atoms with Gasteiger partial charge in [0.2, 0.25) is 0 Å². The number of nitrogens with one attached hydrogen (secondary N) is 1. The van der Waals surface area contributed by atoms with Crippen LogP contribution in [0.3, 0.4) is 0 Å². The molecule has 7 heteroatoms. The lowest BCUT2D eigenvalue weighted by molar-refractivity contribution is -0.127. The molecule has 2 heterocycles. The first-order valence-electron chi connectivity index (χ1n) is 8.89. The van der Waals surface area contributed by atoms with Gasteiger partial charge in [-0.15, -0.1) is 0 Å². The highest BCUT2D eigenvalue weighted by Crippen LogP contribution is 2.30. The van der Waals surface area contributed by atoms with Crippen LogP contribution in [0.2, 0.25) is 0 Å². The van der Waals surface area contributed by atoms with E-state index in [2.05, 4.69) is 10.3 Å². The van der Waals surface area contributed by atoms with Crippen LogP contribution in [-0.2, 0) is 11.3 Å². The molecule has 7 nitrogen and oxygen atoms in total. The van der Waals surface area contributed by atoms with Crippen LogP contribution in [-0.4, -0.2) is 28.1 Å². The van der Waals surface area contributed by atoms with Gasteiger partial charge in [0, 0.05) is 31.5 Å². The van der Waals surface area contributed by atoms with Gasteiger partial charge in [0.05, 0.1) is 11.7 Å². The molecule has 0 aliphatic carbocycles. The summed E-state index contributed by atoms with van der Waals surface area (Å²) in [6.07, 6.45) is 5.49. The van der Waals surface area contributed by atoms with Crippen LogP contribution in [0.1, 0.15) is 24.5 Å². The zero-order valence-electron chi connectivity index (χ0n) is 15.7. The molecule has 0 fully saturated rings. The number of hydrogen-bond donors (Lipinski definition) is 1. The number of fused-ring (bicyclic) bond motifs is 1. The van der Waals surface area contributed by atoms with Crippen molar-refractivity contribution >= 4 is 16.9 Å². The number of amides is 1. The van der Waals surface area contributed by atoms with Crippen molar-refractivity contribution in [2.75, 3.05) is 6.54 Å². The van der Waals surface area contributed by atoms with Crippen molar-refractivity contribution in [2.45, 2.75) is 39.8 Å². The molecule has 27 heavy (non-hydrogen) atoms. The molecule has 1 N–H and O–H groups in total. The van der Waals surface area contributed by atoms with E-state index >= 15 is 0 Å². The first-order valence-corrected chi connectivity index (χ1v) is 8.89. The minimum Gasteiger partial charge on any atom is -0.480 e. The van der Waals surface area contributed by atoms with Gasteiger partial charge in [-0.3, -0.25) is 4.79 Å². The Morgan fingerprint density at radius 1 is 1.33 bits per heavy atom. The van der Waals surface area contributed by atoms with E-state index in [4.69, 9.17) is 9.15 Å². The van der Waals surface area contributed by atoms with Gasteiger partial charge >= 0.3 is 5.63 Å². The lowest BCUT2D eigenvalue weighted by Gasteiger charge is -2.17. The van der Waals surface area contributed by atoms with Crippen molar-refractivity contribution < 1.29 is 13.9 Å². The molecule has 3 rings (SSSR count). The predicted octanol–water partition coefficient (Wildman–Crippen LogP) is 2.58. The molecule has 0 bridgehead atoms. The number of carbonyl (C=O) groups is 1. The van der Waals surface area contributed by atoms with E-state index in [1.165, 1.54) is 6.07 Å². The highest BCUT2D eigenvalue weighted by atomic mass is 16.5. The zero-order valence-corrected chi connectivity index (χ0v) is 15.7. The molecule has 3 aromatic rings. The van der Waals surface area contributed by atoms with Gasteiger partial charge in [-0.25, -0.2) is 9.78 Å².